The second-order valence-corrected chi connectivity index (χ2v) is 7.99. The second kappa shape index (κ2) is 7.78. The topological polar surface area (TPSA) is 71.4 Å². The number of amides is 2. The standard InChI is InChI=1S/C22H27N3O3/c1-2-6-20(26)18-13-24(19-10-4-3-9-17(18)19)14-21(27)25-11-15-7-5-8-16(12-25)23-22(15)28/h3-4,9-10,13,15-16H,2,5-8,11-12,14H2,1H3,(H,23,28)/t15-,16+/m0/s1. The van der Waals surface area contributed by atoms with Crippen LogP contribution in [0.25, 0.3) is 10.9 Å². The van der Waals surface area contributed by atoms with Gasteiger partial charge in [-0.3, -0.25) is 14.4 Å². The quantitative estimate of drug-likeness (QED) is 0.810. The van der Waals surface area contributed by atoms with E-state index >= 15 is 0 Å². The minimum atomic E-state index is -0.112. The van der Waals surface area contributed by atoms with Crippen molar-refractivity contribution in [3.8, 4) is 0 Å². The number of nitrogens with one attached hydrogen (secondary N) is 1. The molecular formula is C22H27N3O3. The average Bonchev–Trinajstić information content (AvgIpc) is 2.81. The molecule has 0 unspecified atom stereocenters. The molecule has 0 radical (unpaired) electrons. The van der Waals surface area contributed by atoms with Crippen LogP contribution in [0.2, 0.25) is 0 Å². The number of benzene rings is 1. The van der Waals surface area contributed by atoms with Gasteiger partial charge in [-0.15, -0.1) is 0 Å². The molecule has 148 valence electrons. The normalized spacial score (nSPS) is 22.0. The Bertz CT molecular complexity index is 917. The van der Waals surface area contributed by atoms with Crippen LogP contribution in [0.1, 0.15) is 49.4 Å². The molecule has 0 spiro atoms. The Hall–Kier alpha value is -2.63. The monoisotopic (exact) mass is 381 g/mol. The lowest BCUT2D eigenvalue weighted by atomic mass is 9.99. The smallest absolute Gasteiger partial charge is 0.242 e. The molecule has 2 amide bonds. The first-order valence-electron chi connectivity index (χ1n) is 10.3. The third-order valence-corrected chi connectivity index (χ3v) is 5.93. The van der Waals surface area contributed by atoms with Crippen LogP contribution < -0.4 is 5.32 Å². The molecular weight excluding hydrogens is 354 g/mol. The van der Waals surface area contributed by atoms with Crippen molar-refractivity contribution in [1.82, 2.24) is 14.8 Å². The summed E-state index contributed by atoms with van der Waals surface area (Å²) in [4.78, 5) is 39.7. The largest absolute Gasteiger partial charge is 0.351 e. The van der Waals surface area contributed by atoms with Crippen molar-refractivity contribution in [2.45, 2.75) is 51.6 Å². The predicted molar refractivity (Wildman–Crippen MR) is 107 cm³/mol. The van der Waals surface area contributed by atoms with Crippen molar-refractivity contribution in [1.29, 1.82) is 0 Å². The molecule has 2 aliphatic heterocycles. The lowest BCUT2D eigenvalue weighted by molar-refractivity contribution is -0.133. The fraction of sp³-hybridized carbons (Fsp3) is 0.500. The molecule has 2 saturated heterocycles. The molecule has 2 atom stereocenters. The van der Waals surface area contributed by atoms with E-state index in [0.717, 1.165) is 36.6 Å². The Balaban J connectivity index is 1.59. The van der Waals surface area contributed by atoms with Crippen LogP contribution in [0.4, 0.5) is 0 Å². The molecule has 1 aromatic heterocycles. The maximum atomic E-state index is 13.1. The number of nitrogens with zero attached hydrogens (tertiary/aromatic N) is 2. The van der Waals surface area contributed by atoms with Crippen LogP contribution >= 0.6 is 0 Å². The van der Waals surface area contributed by atoms with Gasteiger partial charge in [-0.2, -0.15) is 0 Å². The highest BCUT2D eigenvalue weighted by Gasteiger charge is 2.34. The van der Waals surface area contributed by atoms with E-state index in [-0.39, 0.29) is 36.1 Å². The van der Waals surface area contributed by atoms with Crippen LogP contribution in [0.5, 0.6) is 0 Å². The van der Waals surface area contributed by atoms with Crippen LogP contribution in [-0.2, 0) is 16.1 Å². The number of carbonyl (C=O) groups is 3. The van der Waals surface area contributed by atoms with Gasteiger partial charge in [-0.1, -0.05) is 31.5 Å². The number of carbonyl (C=O) groups excluding carboxylic acids is 3. The summed E-state index contributed by atoms with van der Waals surface area (Å²) in [5, 5.41) is 3.97. The third-order valence-electron chi connectivity index (χ3n) is 5.93. The average molecular weight is 381 g/mol. The predicted octanol–water partition coefficient (Wildman–Crippen LogP) is 2.75. The first-order valence-corrected chi connectivity index (χ1v) is 10.3. The number of fused-ring (bicyclic) bond motifs is 4. The van der Waals surface area contributed by atoms with Crippen LogP contribution in [0.3, 0.4) is 0 Å². The summed E-state index contributed by atoms with van der Waals surface area (Å²) >= 11 is 0. The molecule has 0 saturated carbocycles. The van der Waals surface area contributed by atoms with Gasteiger partial charge in [0.2, 0.25) is 11.8 Å². The van der Waals surface area contributed by atoms with Gasteiger partial charge >= 0.3 is 0 Å². The molecule has 0 aliphatic carbocycles. The Morgan fingerprint density at radius 1 is 1.18 bits per heavy atom. The maximum absolute atomic E-state index is 13.1. The molecule has 4 rings (SSSR count). The molecule has 1 aromatic carbocycles. The van der Waals surface area contributed by atoms with E-state index in [0.29, 0.717) is 25.1 Å². The van der Waals surface area contributed by atoms with Gasteiger partial charge in [-0.25, -0.2) is 0 Å². The Morgan fingerprint density at radius 3 is 2.82 bits per heavy atom. The maximum Gasteiger partial charge on any atom is 0.242 e. The molecule has 6 heteroatoms. The van der Waals surface area contributed by atoms with E-state index in [9.17, 15) is 14.4 Å². The third kappa shape index (κ3) is 3.55. The number of para-hydroxylation sites is 1. The number of hydrogen-bond donors (Lipinski definition) is 1. The van der Waals surface area contributed by atoms with Crippen molar-refractivity contribution in [3.05, 3.63) is 36.0 Å². The molecule has 2 aliphatic rings. The highest BCUT2D eigenvalue weighted by molar-refractivity contribution is 6.08. The van der Waals surface area contributed by atoms with Crippen molar-refractivity contribution < 1.29 is 14.4 Å². The molecule has 2 bridgehead atoms. The number of Topliss-reactive ketones (excluding diaryl/α,β-unsaturated/α-hetero) is 1. The lowest BCUT2D eigenvalue weighted by Crippen LogP contribution is -2.42. The molecule has 1 N–H and O–H groups in total. The van der Waals surface area contributed by atoms with Gasteiger partial charge in [0.1, 0.15) is 6.54 Å². The summed E-state index contributed by atoms with van der Waals surface area (Å²) in [6.07, 6.45) is 5.92. The Kier molecular flexibility index (Phi) is 5.20. The van der Waals surface area contributed by atoms with Crippen molar-refractivity contribution in [2.24, 2.45) is 5.92 Å². The van der Waals surface area contributed by atoms with E-state index in [1.165, 1.54) is 0 Å². The number of hydrogen-bond acceptors (Lipinski definition) is 3. The summed E-state index contributed by atoms with van der Waals surface area (Å²) in [6, 6.07) is 7.79. The van der Waals surface area contributed by atoms with Gasteiger partial charge in [0.15, 0.2) is 5.78 Å². The van der Waals surface area contributed by atoms with Gasteiger partial charge in [-0.05, 0) is 25.3 Å². The van der Waals surface area contributed by atoms with E-state index in [2.05, 4.69) is 5.32 Å². The van der Waals surface area contributed by atoms with Gasteiger partial charge in [0.05, 0.1) is 5.92 Å². The fourth-order valence-electron chi connectivity index (χ4n) is 4.46. The molecule has 3 heterocycles. The zero-order chi connectivity index (χ0) is 19.7. The highest BCUT2D eigenvalue weighted by atomic mass is 16.2. The van der Waals surface area contributed by atoms with Crippen LogP contribution in [0, 0.1) is 5.92 Å². The Labute approximate surface area is 164 Å². The SMILES string of the molecule is CCCC(=O)c1cn(CC(=O)N2C[C@H]3CCC[C@@H](C2)C(=O)N3)c2ccccc12. The summed E-state index contributed by atoms with van der Waals surface area (Å²) in [6.45, 7) is 3.24. The number of ketones is 1. The van der Waals surface area contributed by atoms with Crippen molar-refractivity contribution in [2.75, 3.05) is 13.1 Å². The van der Waals surface area contributed by atoms with E-state index in [1.807, 2.05) is 46.9 Å². The molecule has 2 fully saturated rings. The van der Waals surface area contributed by atoms with Gasteiger partial charge in [0, 0.05) is 48.2 Å². The van der Waals surface area contributed by atoms with Gasteiger partial charge < -0.3 is 14.8 Å². The van der Waals surface area contributed by atoms with Crippen LogP contribution in [-0.4, -0.2) is 46.2 Å². The summed E-state index contributed by atoms with van der Waals surface area (Å²) in [5.74, 6) is 0.0869. The first kappa shape index (κ1) is 18.7. The zero-order valence-electron chi connectivity index (χ0n) is 16.3. The van der Waals surface area contributed by atoms with Crippen LogP contribution in [0.15, 0.2) is 30.5 Å². The van der Waals surface area contributed by atoms with E-state index in [1.54, 1.807) is 0 Å². The molecule has 28 heavy (non-hydrogen) atoms. The highest BCUT2D eigenvalue weighted by Crippen LogP contribution is 2.25. The fourth-order valence-corrected chi connectivity index (χ4v) is 4.46. The number of likely N-dealkylation sites (tertiary alicyclic amines) is 1. The van der Waals surface area contributed by atoms with Gasteiger partial charge in [0.25, 0.3) is 0 Å². The van der Waals surface area contributed by atoms with E-state index in [4.69, 9.17) is 0 Å². The summed E-state index contributed by atoms with van der Waals surface area (Å²) < 4.78 is 1.89. The lowest BCUT2D eigenvalue weighted by Gasteiger charge is -2.27. The minimum Gasteiger partial charge on any atom is -0.351 e. The first-order chi connectivity index (χ1) is 13.6. The van der Waals surface area contributed by atoms with E-state index < -0.39 is 0 Å². The van der Waals surface area contributed by atoms with Crippen molar-refractivity contribution in [3.63, 3.8) is 0 Å². The summed E-state index contributed by atoms with van der Waals surface area (Å²) in [7, 11) is 0. The Morgan fingerprint density at radius 2 is 2.00 bits per heavy atom. The minimum absolute atomic E-state index is 0.00337. The second-order valence-electron chi connectivity index (χ2n) is 7.99. The molecule has 2 aromatic rings. The number of rotatable bonds is 5. The molecule has 6 nitrogen and oxygen atoms in total. The summed E-state index contributed by atoms with van der Waals surface area (Å²) in [5.41, 5.74) is 1.59. The van der Waals surface area contributed by atoms with Crippen molar-refractivity contribution >= 4 is 28.5 Å². The zero-order valence-corrected chi connectivity index (χ0v) is 16.3. The number of aromatic nitrogens is 1.